The molecule has 1 aromatic carbocycles. The van der Waals surface area contributed by atoms with Crippen molar-refractivity contribution in [2.75, 3.05) is 7.11 Å². The molecule has 3 aromatic heterocycles. The number of methoxy groups -OCH3 is 1. The number of nitrogens with zero attached hydrogens (tertiary/aromatic N) is 6. The Morgan fingerprint density at radius 2 is 2.10 bits per heavy atom. The van der Waals surface area contributed by atoms with E-state index >= 15 is 0 Å². The molecular weight excluding hydrogens is 416 g/mol. The molecule has 0 saturated heterocycles. The Labute approximate surface area is 181 Å². The molecule has 0 fully saturated rings. The van der Waals surface area contributed by atoms with Gasteiger partial charge in [-0.1, -0.05) is 0 Å². The number of furan rings is 1. The van der Waals surface area contributed by atoms with E-state index in [1.165, 1.54) is 9.81 Å². The fraction of sp³-hybridized carbons (Fsp3) is 0.190. The van der Waals surface area contributed by atoms with Crippen LogP contribution in [0, 0.1) is 0 Å². The molecular formula is C21H18N6O3S. The van der Waals surface area contributed by atoms with Crippen molar-refractivity contribution in [1.82, 2.24) is 25.2 Å². The molecule has 9 nitrogen and oxygen atoms in total. The first kappa shape index (κ1) is 19.2. The van der Waals surface area contributed by atoms with Gasteiger partial charge in [-0.2, -0.15) is 21.2 Å². The van der Waals surface area contributed by atoms with Crippen LogP contribution in [0.1, 0.15) is 23.8 Å². The molecule has 0 spiro atoms. The minimum absolute atomic E-state index is 0.0757. The number of carbonyl (C=O) groups is 1. The molecule has 10 heteroatoms. The average molecular weight is 434 g/mol. The number of ether oxygens (including phenoxy) is 1. The van der Waals surface area contributed by atoms with Crippen molar-refractivity contribution in [3.05, 3.63) is 70.8 Å². The molecule has 0 saturated carbocycles. The highest BCUT2D eigenvalue weighted by Gasteiger charge is 2.35. The Morgan fingerprint density at radius 1 is 1.23 bits per heavy atom. The number of hydrazone groups is 1. The lowest BCUT2D eigenvalue weighted by Crippen LogP contribution is -2.31. The van der Waals surface area contributed by atoms with Crippen LogP contribution >= 0.6 is 11.3 Å². The number of hydrogen-bond donors (Lipinski definition) is 0. The van der Waals surface area contributed by atoms with Gasteiger partial charge in [0.15, 0.2) is 0 Å². The molecule has 31 heavy (non-hydrogen) atoms. The molecule has 0 aliphatic carbocycles. The van der Waals surface area contributed by atoms with E-state index in [4.69, 9.17) is 9.15 Å². The van der Waals surface area contributed by atoms with Gasteiger partial charge in [0.2, 0.25) is 5.82 Å². The maximum Gasteiger partial charge on any atom is 0.267 e. The first-order chi connectivity index (χ1) is 15.2. The van der Waals surface area contributed by atoms with E-state index in [9.17, 15) is 4.79 Å². The summed E-state index contributed by atoms with van der Waals surface area (Å²) in [6.07, 6.45) is 2.13. The lowest BCUT2D eigenvalue weighted by molar-refractivity contribution is -0.134. The highest BCUT2D eigenvalue weighted by atomic mass is 32.1. The van der Waals surface area contributed by atoms with Crippen molar-refractivity contribution in [1.29, 1.82) is 0 Å². The summed E-state index contributed by atoms with van der Waals surface area (Å²) in [6, 6.07) is 12.8. The largest absolute Gasteiger partial charge is 0.497 e. The van der Waals surface area contributed by atoms with Crippen LogP contribution in [-0.4, -0.2) is 43.9 Å². The molecule has 0 N–H and O–H groups in total. The Morgan fingerprint density at radius 3 is 2.81 bits per heavy atom. The Kier molecular flexibility index (Phi) is 5.04. The number of aromatic nitrogens is 4. The van der Waals surface area contributed by atoms with Crippen LogP contribution < -0.4 is 4.74 Å². The predicted octanol–water partition coefficient (Wildman–Crippen LogP) is 3.38. The van der Waals surface area contributed by atoms with Crippen LogP contribution in [0.15, 0.2) is 69.0 Å². The fourth-order valence-corrected chi connectivity index (χ4v) is 4.05. The maximum atomic E-state index is 13.1. The van der Waals surface area contributed by atoms with Gasteiger partial charge in [0.1, 0.15) is 24.1 Å². The molecule has 0 unspecified atom stereocenters. The van der Waals surface area contributed by atoms with E-state index < -0.39 is 0 Å². The number of tetrazole rings is 1. The second-order valence-electron chi connectivity index (χ2n) is 6.90. The molecule has 1 aliphatic rings. The number of hydrogen-bond acceptors (Lipinski definition) is 8. The Hall–Kier alpha value is -3.79. The van der Waals surface area contributed by atoms with Crippen LogP contribution in [0.4, 0.5) is 0 Å². The summed E-state index contributed by atoms with van der Waals surface area (Å²) in [7, 11) is 1.62. The van der Waals surface area contributed by atoms with E-state index in [0.29, 0.717) is 18.0 Å². The highest BCUT2D eigenvalue weighted by Crippen LogP contribution is 2.33. The zero-order chi connectivity index (χ0) is 21.2. The summed E-state index contributed by atoms with van der Waals surface area (Å²) >= 11 is 1.55. The third-order valence-corrected chi connectivity index (χ3v) is 5.65. The van der Waals surface area contributed by atoms with Gasteiger partial charge < -0.3 is 9.15 Å². The number of carbonyl (C=O) groups excluding carboxylic acids is 1. The molecule has 1 atom stereocenters. The number of benzene rings is 1. The van der Waals surface area contributed by atoms with Gasteiger partial charge in [-0.3, -0.25) is 4.79 Å². The number of rotatable bonds is 6. The first-order valence-corrected chi connectivity index (χ1v) is 10.5. The molecule has 1 aliphatic heterocycles. The van der Waals surface area contributed by atoms with E-state index in [0.717, 1.165) is 22.6 Å². The van der Waals surface area contributed by atoms with Gasteiger partial charge in [-0.25, -0.2) is 5.01 Å². The van der Waals surface area contributed by atoms with Crippen molar-refractivity contribution in [3.8, 4) is 17.1 Å². The summed E-state index contributed by atoms with van der Waals surface area (Å²) in [6.45, 7) is -0.0757. The average Bonchev–Trinajstić information content (AvgIpc) is 3.59. The molecule has 4 aromatic rings. The third kappa shape index (κ3) is 3.84. The van der Waals surface area contributed by atoms with E-state index in [-0.39, 0.29) is 18.5 Å². The van der Waals surface area contributed by atoms with Gasteiger partial charge >= 0.3 is 0 Å². The van der Waals surface area contributed by atoms with Crippen LogP contribution in [0.5, 0.6) is 5.75 Å². The minimum Gasteiger partial charge on any atom is -0.497 e. The summed E-state index contributed by atoms with van der Waals surface area (Å²) in [4.78, 5) is 14.4. The zero-order valence-electron chi connectivity index (χ0n) is 16.6. The van der Waals surface area contributed by atoms with Crippen molar-refractivity contribution in [3.63, 3.8) is 0 Å². The standard InChI is InChI=1S/C21H18N6O3S/c1-29-16-6-4-14(5-7-16)17-11-18(19-3-2-9-30-19)27(23-17)20(28)12-26-24-21(22-25-26)15-8-10-31-13-15/h2-10,13,18H,11-12H2,1H3/t18-/m0/s1. The molecule has 1 amide bonds. The molecule has 5 rings (SSSR count). The zero-order valence-corrected chi connectivity index (χ0v) is 17.4. The van der Waals surface area contributed by atoms with E-state index in [2.05, 4.69) is 20.5 Å². The summed E-state index contributed by atoms with van der Waals surface area (Å²) in [5, 5.41) is 22.3. The SMILES string of the molecule is COc1ccc(C2=NN(C(=O)Cn3nnc(-c4ccsc4)n3)[C@H](c3ccco3)C2)cc1. The third-order valence-electron chi connectivity index (χ3n) is 4.97. The van der Waals surface area contributed by atoms with Gasteiger partial charge in [-0.15, -0.1) is 10.2 Å². The second kappa shape index (κ2) is 8.15. The van der Waals surface area contributed by atoms with E-state index in [1.807, 2.05) is 47.2 Å². The van der Waals surface area contributed by atoms with Crippen molar-refractivity contribution < 1.29 is 13.9 Å². The van der Waals surface area contributed by atoms with Gasteiger partial charge in [0, 0.05) is 17.4 Å². The first-order valence-electron chi connectivity index (χ1n) is 9.59. The summed E-state index contributed by atoms with van der Waals surface area (Å²) in [5.74, 6) is 1.67. The molecule has 156 valence electrons. The van der Waals surface area contributed by atoms with Crippen LogP contribution in [0.25, 0.3) is 11.4 Å². The quantitative estimate of drug-likeness (QED) is 0.461. The fourth-order valence-electron chi connectivity index (χ4n) is 3.41. The monoisotopic (exact) mass is 434 g/mol. The topological polar surface area (TPSA) is 98.6 Å². The smallest absolute Gasteiger partial charge is 0.267 e. The summed E-state index contributed by atoms with van der Waals surface area (Å²) < 4.78 is 10.8. The second-order valence-corrected chi connectivity index (χ2v) is 7.68. The van der Waals surface area contributed by atoms with Gasteiger partial charge in [-0.05, 0) is 58.6 Å². The van der Waals surface area contributed by atoms with Crippen molar-refractivity contribution in [2.24, 2.45) is 5.10 Å². The van der Waals surface area contributed by atoms with Gasteiger partial charge in [0.05, 0.1) is 19.1 Å². The molecule has 4 heterocycles. The van der Waals surface area contributed by atoms with Crippen molar-refractivity contribution >= 4 is 23.0 Å². The number of amides is 1. The van der Waals surface area contributed by atoms with Crippen molar-refractivity contribution in [2.45, 2.75) is 19.0 Å². The minimum atomic E-state index is -0.334. The molecule has 0 bridgehead atoms. The van der Waals surface area contributed by atoms with Crippen LogP contribution in [0.2, 0.25) is 0 Å². The Bertz CT molecular complexity index is 1200. The van der Waals surface area contributed by atoms with Crippen LogP contribution in [0.3, 0.4) is 0 Å². The van der Waals surface area contributed by atoms with Crippen LogP contribution in [-0.2, 0) is 11.3 Å². The highest BCUT2D eigenvalue weighted by molar-refractivity contribution is 7.08. The maximum absolute atomic E-state index is 13.1. The summed E-state index contributed by atoms with van der Waals surface area (Å²) in [5.41, 5.74) is 2.59. The normalized spacial score (nSPS) is 15.8. The molecule has 0 radical (unpaired) electrons. The predicted molar refractivity (Wildman–Crippen MR) is 114 cm³/mol. The lowest BCUT2D eigenvalue weighted by atomic mass is 10.0. The lowest BCUT2D eigenvalue weighted by Gasteiger charge is -2.19. The Balaban J connectivity index is 1.39. The van der Waals surface area contributed by atoms with Gasteiger partial charge in [0.25, 0.3) is 5.91 Å². The number of thiophene rings is 1. The van der Waals surface area contributed by atoms with E-state index in [1.54, 1.807) is 30.8 Å².